The van der Waals surface area contributed by atoms with Crippen LogP contribution in [0.1, 0.15) is 17.3 Å². The molecule has 0 saturated carbocycles. The van der Waals surface area contributed by atoms with Crippen molar-refractivity contribution in [2.45, 2.75) is 19.9 Å². The van der Waals surface area contributed by atoms with Crippen LogP contribution in [0.4, 0.5) is 5.69 Å². The van der Waals surface area contributed by atoms with Gasteiger partial charge < -0.3 is 14.3 Å². The number of nitrogens with zero attached hydrogens (tertiary/aromatic N) is 5. The third-order valence-corrected chi connectivity index (χ3v) is 4.96. The molecule has 132 valence electrons. The van der Waals surface area contributed by atoms with Gasteiger partial charge in [-0.2, -0.15) is 4.98 Å². The second-order valence-electron chi connectivity index (χ2n) is 6.69. The third kappa shape index (κ3) is 3.51. The van der Waals surface area contributed by atoms with E-state index in [9.17, 15) is 4.79 Å². The molecule has 0 unspecified atom stereocenters. The molecule has 1 fully saturated rings. The number of anilines is 1. The zero-order chi connectivity index (χ0) is 17.2. The summed E-state index contributed by atoms with van der Waals surface area (Å²) in [5, 5.41) is 3.82. The fraction of sp³-hybridized carbons (Fsp3) is 0.500. The molecule has 0 bridgehead atoms. The lowest BCUT2D eigenvalue weighted by Crippen LogP contribution is -2.50. The van der Waals surface area contributed by atoms with Gasteiger partial charge in [0.2, 0.25) is 11.8 Å². The number of aryl methyl sites for hydroxylation is 1. The van der Waals surface area contributed by atoms with E-state index in [2.05, 4.69) is 38.1 Å². The lowest BCUT2D eigenvalue weighted by molar-refractivity contribution is -0.131. The highest BCUT2D eigenvalue weighted by atomic mass is 16.5. The zero-order valence-corrected chi connectivity index (χ0v) is 14.5. The largest absolute Gasteiger partial charge is 0.362 e. The molecule has 25 heavy (non-hydrogen) atoms. The van der Waals surface area contributed by atoms with Crippen LogP contribution in [0, 0.1) is 6.92 Å². The average Bonchev–Trinajstić information content (AvgIpc) is 3.22. The summed E-state index contributed by atoms with van der Waals surface area (Å²) in [5.41, 5.74) is 2.55. The summed E-state index contributed by atoms with van der Waals surface area (Å²) >= 11 is 0. The number of benzene rings is 1. The first-order chi connectivity index (χ1) is 12.2. The predicted octanol–water partition coefficient (Wildman–Crippen LogP) is 1.08. The first-order valence-electron chi connectivity index (χ1n) is 8.81. The number of rotatable bonds is 4. The summed E-state index contributed by atoms with van der Waals surface area (Å²) in [6.45, 7) is 7.06. The molecule has 2 aliphatic rings. The van der Waals surface area contributed by atoms with Crippen molar-refractivity contribution >= 4 is 11.6 Å². The molecule has 1 aromatic carbocycles. The highest BCUT2D eigenvalue weighted by Crippen LogP contribution is 2.27. The Morgan fingerprint density at radius 1 is 1.16 bits per heavy atom. The molecule has 4 rings (SSSR count). The molecule has 0 N–H and O–H groups in total. The SMILES string of the molecule is Cc1noc(CN2CCN(C(=O)CN3CCc4ccccc43)CC2)n1. The molecule has 1 saturated heterocycles. The maximum atomic E-state index is 12.7. The van der Waals surface area contributed by atoms with Gasteiger partial charge in [0.05, 0.1) is 13.1 Å². The smallest absolute Gasteiger partial charge is 0.242 e. The number of amides is 1. The topological polar surface area (TPSA) is 65.7 Å². The van der Waals surface area contributed by atoms with Crippen LogP contribution in [0.2, 0.25) is 0 Å². The van der Waals surface area contributed by atoms with Crippen molar-refractivity contribution in [2.75, 3.05) is 44.2 Å². The molecule has 7 heteroatoms. The van der Waals surface area contributed by atoms with Gasteiger partial charge in [0.15, 0.2) is 5.82 Å². The molecule has 0 spiro atoms. The van der Waals surface area contributed by atoms with Gasteiger partial charge in [-0.25, -0.2) is 0 Å². The number of aromatic nitrogens is 2. The second-order valence-corrected chi connectivity index (χ2v) is 6.69. The quantitative estimate of drug-likeness (QED) is 0.829. The number of hydrogen-bond acceptors (Lipinski definition) is 6. The molecule has 1 amide bonds. The van der Waals surface area contributed by atoms with Crippen molar-refractivity contribution in [3.05, 3.63) is 41.5 Å². The fourth-order valence-corrected chi connectivity index (χ4v) is 3.59. The molecular weight excluding hydrogens is 318 g/mol. The van der Waals surface area contributed by atoms with Crippen LogP contribution in [0.3, 0.4) is 0 Å². The molecule has 2 aliphatic heterocycles. The molecule has 3 heterocycles. The van der Waals surface area contributed by atoms with Gasteiger partial charge in [0.25, 0.3) is 0 Å². The highest BCUT2D eigenvalue weighted by molar-refractivity contribution is 5.82. The monoisotopic (exact) mass is 341 g/mol. The summed E-state index contributed by atoms with van der Waals surface area (Å²) in [4.78, 5) is 23.3. The van der Waals surface area contributed by atoms with Crippen molar-refractivity contribution in [3.63, 3.8) is 0 Å². The van der Waals surface area contributed by atoms with Crippen LogP contribution < -0.4 is 4.90 Å². The number of carbonyl (C=O) groups is 1. The van der Waals surface area contributed by atoms with E-state index >= 15 is 0 Å². The average molecular weight is 341 g/mol. The Bertz CT molecular complexity index is 751. The number of carbonyl (C=O) groups excluding carboxylic acids is 1. The van der Waals surface area contributed by atoms with Gasteiger partial charge in [0, 0.05) is 38.4 Å². The van der Waals surface area contributed by atoms with Gasteiger partial charge in [-0.15, -0.1) is 0 Å². The van der Waals surface area contributed by atoms with Crippen LogP contribution in [-0.2, 0) is 17.8 Å². The van der Waals surface area contributed by atoms with Crippen molar-refractivity contribution in [1.82, 2.24) is 19.9 Å². The Balaban J connectivity index is 1.28. The van der Waals surface area contributed by atoms with E-state index < -0.39 is 0 Å². The highest BCUT2D eigenvalue weighted by Gasteiger charge is 2.26. The summed E-state index contributed by atoms with van der Waals surface area (Å²) in [6, 6.07) is 8.37. The van der Waals surface area contributed by atoms with E-state index in [4.69, 9.17) is 4.52 Å². The van der Waals surface area contributed by atoms with Gasteiger partial charge in [-0.1, -0.05) is 23.4 Å². The molecule has 0 atom stereocenters. The second kappa shape index (κ2) is 6.84. The van der Waals surface area contributed by atoms with E-state index in [-0.39, 0.29) is 5.91 Å². The Morgan fingerprint density at radius 3 is 2.72 bits per heavy atom. The number of fused-ring (bicyclic) bond motifs is 1. The third-order valence-electron chi connectivity index (χ3n) is 4.96. The molecule has 1 aromatic heterocycles. The Kier molecular flexibility index (Phi) is 4.40. The summed E-state index contributed by atoms with van der Waals surface area (Å²) in [5.74, 6) is 1.52. The van der Waals surface area contributed by atoms with E-state index in [0.717, 1.165) is 39.1 Å². The van der Waals surface area contributed by atoms with E-state index in [1.165, 1.54) is 11.3 Å². The molecule has 0 radical (unpaired) electrons. The molecular formula is C18H23N5O2. The van der Waals surface area contributed by atoms with Crippen LogP contribution in [-0.4, -0.2) is 65.1 Å². The normalized spacial score (nSPS) is 17.8. The fourth-order valence-electron chi connectivity index (χ4n) is 3.59. The number of piperazine rings is 1. The maximum absolute atomic E-state index is 12.7. The molecule has 2 aromatic rings. The van der Waals surface area contributed by atoms with Gasteiger partial charge in [-0.05, 0) is 25.0 Å². The van der Waals surface area contributed by atoms with Crippen LogP contribution >= 0.6 is 0 Å². The summed E-state index contributed by atoms with van der Waals surface area (Å²) < 4.78 is 5.17. The number of para-hydroxylation sites is 1. The van der Waals surface area contributed by atoms with Crippen LogP contribution in [0.5, 0.6) is 0 Å². The number of hydrogen-bond donors (Lipinski definition) is 0. The molecule has 0 aliphatic carbocycles. The molecule has 7 nitrogen and oxygen atoms in total. The van der Waals surface area contributed by atoms with Crippen molar-refractivity contribution in [1.29, 1.82) is 0 Å². The first kappa shape index (κ1) is 16.1. The Labute approximate surface area is 147 Å². The van der Waals surface area contributed by atoms with E-state index in [1.54, 1.807) is 0 Å². The predicted molar refractivity (Wildman–Crippen MR) is 93.3 cm³/mol. The first-order valence-corrected chi connectivity index (χ1v) is 8.81. The van der Waals surface area contributed by atoms with Crippen molar-refractivity contribution in [2.24, 2.45) is 0 Å². The van der Waals surface area contributed by atoms with Crippen LogP contribution in [0.25, 0.3) is 0 Å². The summed E-state index contributed by atoms with van der Waals surface area (Å²) in [6.07, 6.45) is 1.03. The van der Waals surface area contributed by atoms with Crippen molar-refractivity contribution in [3.8, 4) is 0 Å². The van der Waals surface area contributed by atoms with E-state index in [0.29, 0.717) is 24.8 Å². The minimum atomic E-state index is 0.213. The summed E-state index contributed by atoms with van der Waals surface area (Å²) in [7, 11) is 0. The lowest BCUT2D eigenvalue weighted by atomic mass is 10.2. The van der Waals surface area contributed by atoms with Gasteiger partial charge in [-0.3, -0.25) is 9.69 Å². The standard InChI is InChI=1S/C18H23N5O2/c1-14-19-17(25-20-14)12-21-8-10-22(11-9-21)18(24)13-23-7-6-15-4-2-3-5-16(15)23/h2-5H,6-13H2,1H3. The van der Waals surface area contributed by atoms with Crippen LogP contribution in [0.15, 0.2) is 28.8 Å². The van der Waals surface area contributed by atoms with E-state index in [1.807, 2.05) is 17.9 Å². The minimum absolute atomic E-state index is 0.213. The lowest BCUT2D eigenvalue weighted by Gasteiger charge is -2.35. The Morgan fingerprint density at radius 2 is 1.96 bits per heavy atom. The van der Waals surface area contributed by atoms with Crippen molar-refractivity contribution < 1.29 is 9.32 Å². The van der Waals surface area contributed by atoms with Gasteiger partial charge >= 0.3 is 0 Å². The minimum Gasteiger partial charge on any atom is -0.362 e. The van der Waals surface area contributed by atoms with Gasteiger partial charge in [0.1, 0.15) is 0 Å². The zero-order valence-electron chi connectivity index (χ0n) is 14.5. The Hall–Kier alpha value is -2.41. The maximum Gasteiger partial charge on any atom is 0.242 e.